The highest BCUT2D eigenvalue weighted by Crippen LogP contribution is 2.26. The minimum atomic E-state index is -1.63. The van der Waals surface area contributed by atoms with E-state index in [1.54, 1.807) is 39.0 Å². The van der Waals surface area contributed by atoms with Crippen LogP contribution in [0, 0.1) is 0 Å². The monoisotopic (exact) mass is 285 g/mol. The molecule has 0 fully saturated rings. The lowest BCUT2D eigenvalue weighted by atomic mass is 10.0. The van der Waals surface area contributed by atoms with Crippen LogP contribution in [0.2, 0.25) is 5.02 Å². The van der Waals surface area contributed by atoms with Gasteiger partial charge in [-0.1, -0.05) is 23.7 Å². The number of amides is 1. The molecule has 1 unspecified atom stereocenters. The Morgan fingerprint density at radius 1 is 1.42 bits per heavy atom. The van der Waals surface area contributed by atoms with Crippen molar-refractivity contribution in [3.63, 3.8) is 0 Å². The van der Waals surface area contributed by atoms with Gasteiger partial charge in [0.15, 0.2) is 5.79 Å². The molecular formula is C14H20ClNO3. The smallest absolute Gasteiger partial charge is 0.222 e. The molecule has 0 aliphatic carbocycles. The van der Waals surface area contributed by atoms with Crippen LogP contribution in [0.25, 0.3) is 0 Å². The van der Waals surface area contributed by atoms with Gasteiger partial charge in [0.2, 0.25) is 5.91 Å². The molecule has 0 bridgehead atoms. The van der Waals surface area contributed by atoms with Gasteiger partial charge in [0.05, 0.1) is 12.0 Å². The van der Waals surface area contributed by atoms with Crippen LogP contribution < -0.4 is 5.73 Å². The number of nitrogens with two attached hydrogens (primary N) is 1. The van der Waals surface area contributed by atoms with Gasteiger partial charge < -0.3 is 15.6 Å². The summed E-state index contributed by atoms with van der Waals surface area (Å²) >= 11 is 5.90. The van der Waals surface area contributed by atoms with E-state index in [0.29, 0.717) is 5.02 Å². The normalized spacial score (nSPS) is 15.0. The van der Waals surface area contributed by atoms with Crippen molar-refractivity contribution < 1.29 is 14.6 Å². The number of primary amides is 1. The Kier molecular flexibility index (Phi) is 4.96. The average Bonchev–Trinajstić information content (AvgIpc) is 2.11. The van der Waals surface area contributed by atoms with E-state index in [0.717, 1.165) is 5.56 Å². The van der Waals surface area contributed by atoms with Crippen molar-refractivity contribution in [1.29, 1.82) is 0 Å². The Bertz CT molecular complexity index is 456. The molecule has 5 heteroatoms. The van der Waals surface area contributed by atoms with Gasteiger partial charge in [0.25, 0.3) is 0 Å². The van der Waals surface area contributed by atoms with Gasteiger partial charge in [0.1, 0.15) is 0 Å². The minimum absolute atomic E-state index is 0.147. The van der Waals surface area contributed by atoms with Gasteiger partial charge in [-0.25, -0.2) is 0 Å². The Morgan fingerprint density at radius 3 is 2.53 bits per heavy atom. The molecule has 4 nitrogen and oxygen atoms in total. The number of rotatable bonds is 5. The summed E-state index contributed by atoms with van der Waals surface area (Å²) in [5, 5.41) is 11.1. The molecule has 1 aromatic rings. The predicted molar refractivity (Wildman–Crippen MR) is 74.8 cm³/mol. The summed E-state index contributed by atoms with van der Waals surface area (Å²) in [7, 11) is 0. The van der Waals surface area contributed by atoms with Crippen LogP contribution in [0.1, 0.15) is 32.8 Å². The zero-order valence-corrected chi connectivity index (χ0v) is 12.2. The number of halogens is 1. The van der Waals surface area contributed by atoms with Crippen LogP contribution >= 0.6 is 11.6 Å². The van der Waals surface area contributed by atoms with Gasteiger partial charge in [-0.3, -0.25) is 4.79 Å². The first-order valence-corrected chi connectivity index (χ1v) is 6.43. The van der Waals surface area contributed by atoms with Crippen LogP contribution in [0.15, 0.2) is 24.3 Å². The number of hydrogen-bond acceptors (Lipinski definition) is 3. The summed E-state index contributed by atoms with van der Waals surface area (Å²) in [5.41, 5.74) is 5.36. The lowest BCUT2D eigenvalue weighted by molar-refractivity contribution is -0.251. The lowest BCUT2D eigenvalue weighted by Gasteiger charge is -2.34. The topological polar surface area (TPSA) is 72.6 Å². The van der Waals surface area contributed by atoms with Crippen molar-refractivity contribution >= 4 is 17.5 Å². The molecule has 1 rings (SSSR count). The molecule has 0 aromatic heterocycles. The predicted octanol–water partition coefficient (Wildman–Crippen LogP) is 2.26. The van der Waals surface area contributed by atoms with Gasteiger partial charge in [-0.05, 0) is 38.5 Å². The highest BCUT2D eigenvalue weighted by molar-refractivity contribution is 6.30. The lowest BCUT2D eigenvalue weighted by Crippen LogP contribution is -2.44. The largest absolute Gasteiger partial charge is 0.370 e. The van der Waals surface area contributed by atoms with Crippen molar-refractivity contribution in [2.24, 2.45) is 5.73 Å². The van der Waals surface area contributed by atoms with E-state index in [1.807, 2.05) is 6.07 Å². The van der Waals surface area contributed by atoms with Crippen LogP contribution in [-0.2, 0) is 16.0 Å². The fourth-order valence-corrected chi connectivity index (χ4v) is 2.16. The Labute approximate surface area is 118 Å². The van der Waals surface area contributed by atoms with E-state index in [2.05, 4.69) is 0 Å². The molecular weight excluding hydrogens is 266 g/mol. The highest BCUT2D eigenvalue weighted by atomic mass is 35.5. The Morgan fingerprint density at radius 2 is 2.05 bits per heavy atom. The van der Waals surface area contributed by atoms with Crippen LogP contribution in [0.3, 0.4) is 0 Å². The van der Waals surface area contributed by atoms with E-state index in [-0.39, 0.29) is 12.8 Å². The van der Waals surface area contributed by atoms with Crippen LogP contribution in [0.5, 0.6) is 0 Å². The molecule has 1 atom stereocenters. The van der Waals surface area contributed by atoms with E-state index in [4.69, 9.17) is 22.1 Å². The quantitative estimate of drug-likeness (QED) is 0.815. The molecule has 0 saturated carbocycles. The summed E-state index contributed by atoms with van der Waals surface area (Å²) < 4.78 is 5.59. The first-order valence-electron chi connectivity index (χ1n) is 6.05. The number of aliphatic hydroxyl groups is 1. The molecule has 3 N–H and O–H groups in total. The second kappa shape index (κ2) is 5.90. The van der Waals surface area contributed by atoms with E-state index in [1.165, 1.54) is 0 Å². The van der Waals surface area contributed by atoms with Gasteiger partial charge in [-0.15, -0.1) is 0 Å². The molecule has 0 aliphatic heterocycles. The number of carbonyl (C=O) groups excluding carboxylic acids is 1. The molecule has 19 heavy (non-hydrogen) atoms. The summed E-state index contributed by atoms with van der Waals surface area (Å²) in [6.45, 7) is 5.41. The summed E-state index contributed by atoms with van der Waals surface area (Å²) in [6, 6.07) is 7.05. The molecule has 0 aliphatic rings. The molecule has 0 heterocycles. The molecule has 106 valence electrons. The third-order valence-electron chi connectivity index (χ3n) is 2.32. The van der Waals surface area contributed by atoms with E-state index < -0.39 is 17.3 Å². The van der Waals surface area contributed by atoms with E-state index >= 15 is 0 Å². The first kappa shape index (κ1) is 16.0. The van der Waals surface area contributed by atoms with Crippen molar-refractivity contribution in [2.45, 2.75) is 45.0 Å². The van der Waals surface area contributed by atoms with Crippen molar-refractivity contribution in [3.8, 4) is 0 Å². The number of carbonyl (C=O) groups is 1. The molecule has 0 radical (unpaired) electrons. The van der Waals surface area contributed by atoms with Gasteiger partial charge in [0, 0.05) is 11.4 Å². The maximum absolute atomic E-state index is 11.1. The van der Waals surface area contributed by atoms with Gasteiger partial charge >= 0.3 is 0 Å². The second-order valence-electron chi connectivity index (χ2n) is 5.61. The summed E-state index contributed by atoms with van der Waals surface area (Å²) in [4.78, 5) is 11.1. The van der Waals surface area contributed by atoms with Crippen LogP contribution in [0.4, 0.5) is 0 Å². The highest BCUT2D eigenvalue weighted by Gasteiger charge is 2.35. The molecule has 1 amide bonds. The van der Waals surface area contributed by atoms with Crippen LogP contribution in [-0.4, -0.2) is 22.4 Å². The molecule has 0 spiro atoms. The zero-order valence-electron chi connectivity index (χ0n) is 11.4. The Hall–Kier alpha value is -1.10. The minimum Gasteiger partial charge on any atom is -0.370 e. The maximum atomic E-state index is 11.1. The van der Waals surface area contributed by atoms with Crippen molar-refractivity contribution in [2.75, 3.05) is 0 Å². The van der Waals surface area contributed by atoms with Crippen molar-refractivity contribution in [3.05, 3.63) is 34.9 Å². The molecule has 1 aromatic carbocycles. The Balaban J connectivity index is 2.94. The first-order chi connectivity index (χ1) is 8.60. The number of benzene rings is 1. The third-order valence-corrected chi connectivity index (χ3v) is 2.55. The number of ether oxygens (including phenoxy) is 1. The fourth-order valence-electron chi connectivity index (χ4n) is 1.94. The number of hydrogen-bond donors (Lipinski definition) is 2. The fraction of sp³-hybridized carbons (Fsp3) is 0.500. The maximum Gasteiger partial charge on any atom is 0.222 e. The zero-order chi connectivity index (χ0) is 14.7. The second-order valence-corrected chi connectivity index (χ2v) is 6.05. The standard InChI is InChI=1S/C14H20ClNO3/c1-13(2,3)19-14(18,9-12(16)17)8-10-5-4-6-11(15)7-10/h4-7,18H,8-9H2,1-3H3,(H2,16,17). The van der Waals surface area contributed by atoms with E-state index in [9.17, 15) is 9.90 Å². The molecule has 0 saturated heterocycles. The average molecular weight is 286 g/mol. The van der Waals surface area contributed by atoms with Crippen molar-refractivity contribution in [1.82, 2.24) is 0 Å². The summed E-state index contributed by atoms with van der Waals surface area (Å²) in [5.74, 6) is -2.25. The SMILES string of the molecule is CC(C)(C)OC(O)(CC(N)=O)Cc1cccc(Cl)c1. The third kappa shape index (κ3) is 6.05. The summed E-state index contributed by atoms with van der Waals surface area (Å²) in [6.07, 6.45) is -0.120. The van der Waals surface area contributed by atoms with Gasteiger partial charge in [-0.2, -0.15) is 0 Å².